The molecule has 2 unspecified atom stereocenters. The predicted molar refractivity (Wildman–Crippen MR) is 54.1 cm³/mol. The van der Waals surface area contributed by atoms with Crippen LogP contribution in [-0.2, 0) is 0 Å². The maximum atomic E-state index is 9.11. The van der Waals surface area contributed by atoms with Crippen LogP contribution in [0, 0.1) is 11.8 Å². The molecular weight excluding hydrogens is 148 g/mol. The Morgan fingerprint density at radius 1 is 1.42 bits per heavy atom. The fourth-order valence-corrected chi connectivity index (χ4v) is 1.21. The quantitative estimate of drug-likeness (QED) is 0.629. The summed E-state index contributed by atoms with van der Waals surface area (Å²) in [6.45, 7) is 8.91. The zero-order valence-corrected chi connectivity index (χ0v) is 8.80. The molecule has 0 amide bonds. The molecule has 1 heteroatoms. The van der Waals surface area contributed by atoms with Gasteiger partial charge < -0.3 is 5.11 Å². The zero-order chi connectivity index (χ0) is 9.56. The van der Waals surface area contributed by atoms with Crippen LogP contribution in [0.1, 0.15) is 40.5 Å². The van der Waals surface area contributed by atoms with E-state index in [0.29, 0.717) is 18.4 Å². The van der Waals surface area contributed by atoms with Gasteiger partial charge in [-0.1, -0.05) is 31.9 Å². The lowest BCUT2D eigenvalue weighted by Crippen LogP contribution is -2.14. The predicted octanol–water partition coefficient (Wildman–Crippen LogP) is 3.00. The van der Waals surface area contributed by atoms with Gasteiger partial charge in [0.05, 0.1) is 0 Å². The maximum absolute atomic E-state index is 9.11. The van der Waals surface area contributed by atoms with E-state index < -0.39 is 0 Å². The Labute approximate surface area is 76.5 Å². The second kappa shape index (κ2) is 6.24. The topological polar surface area (TPSA) is 20.2 Å². The maximum Gasteiger partial charge on any atom is 0.0464 e. The lowest BCUT2D eigenvalue weighted by atomic mass is 9.89. The first kappa shape index (κ1) is 11.7. The van der Waals surface area contributed by atoms with Gasteiger partial charge in [-0.2, -0.15) is 0 Å². The van der Waals surface area contributed by atoms with E-state index in [1.807, 2.05) is 0 Å². The minimum absolute atomic E-state index is 0.318. The first-order valence-electron chi connectivity index (χ1n) is 4.86. The van der Waals surface area contributed by atoms with Crippen molar-refractivity contribution in [3.8, 4) is 0 Å². The monoisotopic (exact) mass is 170 g/mol. The Bertz CT molecular complexity index is 134. The summed E-state index contributed by atoms with van der Waals surface area (Å²) >= 11 is 0. The van der Waals surface area contributed by atoms with E-state index in [1.165, 1.54) is 5.57 Å². The van der Waals surface area contributed by atoms with E-state index in [4.69, 9.17) is 5.11 Å². The average molecular weight is 170 g/mol. The minimum atomic E-state index is 0.318. The normalized spacial score (nSPS) is 15.4. The number of rotatable bonds is 5. The van der Waals surface area contributed by atoms with Crippen molar-refractivity contribution < 1.29 is 5.11 Å². The third-order valence-electron chi connectivity index (χ3n) is 2.51. The lowest BCUT2D eigenvalue weighted by molar-refractivity contribution is 0.181. The molecule has 12 heavy (non-hydrogen) atoms. The molecule has 0 saturated carbocycles. The number of aliphatic hydroxyl groups is 1. The Balaban J connectivity index is 3.91. The molecule has 1 N–H and O–H groups in total. The fourth-order valence-electron chi connectivity index (χ4n) is 1.21. The van der Waals surface area contributed by atoms with Gasteiger partial charge in [0.25, 0.3) is 0 Å². The third-order valence-corrected chi connectivity index (χ3v) is 2.51. The van der Waals surface area contributed by atoms with Gasteiger partial charge in [-0.25, -0.2) is 0 Å². The number of aliphatic hydroxyl groups excluding tert-OH is 1. The van der Waals surface area contributed by atoms with Crippen molar-refractivity contribution in [3.63, 3.8) is 0 Å². The molecule has 72 valence electrons. The van der Waals surface area contributed by atoms with Crippen LogP contribution in [0.15, 0.2) is 11.6 Å². The Hall–Kier alpha value is -0.300. The van der Waals surface area contributed by atoms with Crippen molar-refractivity contribution in [1.29, 1.82) is 0 Å². The van der Waals surface area contributed by atoms with Crippen LogP contribution in [0.4, 0.5) is 0 Å². The number of allylic oxidation sites excluding steroid dienone is 2. The highest BCUT2D eigenvalue weighted by Gasteiger charge is 2.12. The molecule has 0 spiro atoms. The van der Waals surface area contributed by atoms with Crippen LogP contribution >= 0.6 is 0 Å². The molecule has 0 aromatic carbocycles. The summed E-state index contributed by atoms with van der Waals surface area (Å²) in [7, 11) is 0. The van der Waals surface area contributed by atoms with Crippen LogP contribution < -0.4 is 0 Å². The first-order chi connectivity index (χ1) is 5.61. The van der Waals surface area contributed by atoms with E-state index in [9.17, 15) is 0 Å². The van der Waals surface area contributed by atoms with E-state index >= 15 is 0 Å². The van der Waals surface area contributed by atoms with E-state index in [-0.39, 0.29) is 0 Å². The van der Waals surface area contributed by atoms with E-state index in [2.05, 4.69) is 33.8 Å². The first-order valence-corrected chi connectivity index (χ1v) is 4.86. The smallest absolute Gasteiger partial charge is 0.0464 e. The van der Waals surface area contributed by atoms with Gasteiger partial charge in [0.15, 0.2) is 0 Å². The molecule has 0 aliphatic rings. The van der Waals surface area contributed by atoms with Crippen LogP contribution in [0.3, 0.4) is 0 Å². The highest BCUT2D eigenvalue weighted by Crippen LogP contribution is 2.19. The van der Waals surface area contributed by atoms with E-state index in [1.54, 1.807) is 0 Å². The number of hydrogen-bond donors (Lipinski definition) is 1. The molecule has 0 bridgehead atoms. The van der Waals surface area contributed by atoms with Crippen LogP contribution in [-0.4, -0.2) is 11.7 Å². The second-order valence-electron chi connectivity index (χ2n) is 3.85. The van der Waals surface area contributed by atoms with Gasteiger partial charge in [0.2, 0.25) is 0 Å². The molecule has 0 aromatic rings. The van der Waals surface area contributed by atoms with Crippen molar-refractivity contribution in [1.82, 2.24) is 0 Å². The number of hydrogen-bond acceptors (Lipinski definition) is 1. The summed E-state index contributed by atoms with van der Waals surface area (Å²) in [6.07, 6.45) is 4.39. The minimum Gasteiger partial charge on any atom is -0.396 e. The van der Waals surface area contributed by atoms with Crippen LogP contribution in [0.5, 0.6) is 0 Å². The molecular formula is C11H22O. The zero-order valence-electron chi connectivity index (χ0n) is 8.80. The summed E-state index contributed by atoms with van der Waals surface area (Å²) in [4.78, 5) is 0. The summed E-state index contributed by atoms with van der Waals surface area (Å²) in [5.74, 6) is 1.08. The summed E-state index contributed by atoms with van der Waals surface area (Å²) < 4.78 is 0. The Morgan fingerprint density at radius 3 is 2.33 bits per heavy atom. The van der Waals surface area contributed by atoms with Crippen molar-refractivity contribution in [2.45, 2.75) is 40.5 Å². The summed E-state index contributed by atoms with van der Waals surface area (Å²) in [5, 5.41) is 9.11. The molecule has 0 saturated heterocycles. The molecule has 0 aliphatic carbocycles. The fraction of sp³-hybridized carbons (Fsp3) is 0.818. The Morgan fingerprint density at radius 2 is 2.00 bits per heavy atom. The Kier molecular flexibility index (Phi) is 6.09. The highest BCUT2D eigenvalue weighted by atomic mass is 16.3. The largest absolute Gasteiger partial charge is 0.396 e. The summed E-state index contributed by atoms with van der Waals surface area (Å²) in [5.41, 5.74) is 1.34. The van der Waals surface area contributed by atoms with Gasteiger partial charge in [-0.3, -0.25) is 0 Å². The molecule has 0 fully saturated rings. The molecule has 0 rings (SSSR count). The molecule has 1 nitrogen and oxygen atoms in total. The average Bonchev–Trinajstić information content (AvgIpc) is 2.04. The van der Waals surface area contributed by atoms with Gasteiger partial charge in [0, 0.05) is 6.61 Å². The van der Waals surface area contributed by atoms with Crippen molar-refractivity contribution in [2.24, 2.45) is 11.8 Å². The van der Waals surface area contributed by atoms with Gasteiger partial charge in [0.1, 0.15) is 0 Å². The third kappa shape index (κ3) is 4.55. The summed E-state index contributed by atoms with van der Waals surface area (Å²) in [6, 6.07) is 0. The van der Waals surface area contributed by atoms with Crippen LogP contribution in [0.25, 0.3) is 0 Å². The van der Waals surface area contributed by atoms with Crippen LogP contribution in [0.2, 0.25) is 0 Å². The second-order valence-corrected chi connectivity index (χ2v) is 3.85. The highest BCUT2D eigenvalue weighted by molar-refractivity contribution is 4.94. The van der Waals surface area contributed by atoms with Gasteiger partial charge in [-0.05, 0) is 32.1 Å². The van der Waals surface area contributed by atoms with Gasteiger partial charge in [-0.15, -0.1) is 0 Å². The molecule has 0 radical (unpaired) electrons. The molecule has 2 atom stereocenters. The molecule has 0 heterocycles. The lowest BCUT2D eigenvalue weighted by Gasteiger charge is -2.18. The standard InChI is InChI=1S/C11H22O/c1-5-10(4)11(8-12)7-6-9(2)3/h6,10-12H,5,7-8H2,1-4H3. The SMILES string of the molecule is CCC(C)C(CO)CC=C(C)C. The molecule has 0 aromatic heterocycles. The van der Waals surface area contributed by atoms with Crippen molar-refractivity contribution in [2.75, 3.05) is 6.61 Å². The van der Waals surface area contributed by atoms with E-state index in [0.717, 1.165) is 12.8 Å². The molecule has 0 aliphatic heterocycles. The van der Waals surface area contributed by atoms with Crippen molar-refractivity contribution >= 4 is 0 Å². The van der Waals surface area contributed by atoms with Gasteiger partial charge >= 0.3 is 0 Å². The van der Waals surface area contributed by atoms with Crippen molar-refractivity contribution in [3.05, 3.63) is 11.6 Å².